The molecule has 0 spiro atoms. The minimum atomic E-state index is 0.372. The van der Waals surface area contributed by atoms with Crippen molar-refractivity contribution in [3.63, 3.8) is 0 Å². The van der Waals surface area contributed by atoms with Gasteiger partial charge in [0.2, 0.25) is 0 Å². The Morgan fingerprint density at radius 3 is 2.00 bits per heavy atom. The molecule has 0 radical (unpaired) electrons. The van der Waals surface area contributed by atoms with Crippen LogP contribution in [-0.2, 0) is 0 Å². The van der Waals surface area contributed by atoms with Crippen molar-refractivity contribution < 1.29 is 0 Å². The highest BCUT2D eigenvalue weighted by Crippen LogP contribution is 2.31. The van der Waals surface area contributed by atoms with E-state index in [0.29, 0.717) is 5.28 Å². The van der Waals surface area contributed by atoms with Crippen LogP contribution in [0.3, 0.4) is 0 Å². The zero-order chi connectivity index (χ0) is 7.45. The van der Waals surface area contributed by atoms with Crippen LogP contribution in [0.1, 0.15) is 38.5 Å². The first-order valence-electron chi connectivity index (χ1n) is 4.25. The first kappa shape index (κ1) is 8.49. The van der Waals surface area contributed by atoms with Crippen molar-refractivity contribution in [1.29, 1.82) is 0 Å². The second kappa shape index (κ2) is 3.69. The Hall–Kier alpha value is 0.390. The molecule has 1 N–H and O–H groups in total. The molecule has 0 aliphatic heterocycles. The molecular weight excluding hydrogens is 141 g/mol. The van der Waals surface area contributed by atoms with Crippen LogP contribution in [0.25, 0.3) is 0 Å². The third-order valence-electron chi connectivity index (χ3n) is 2.49. The van der Waals surface area contributed by atoms with Gasteiger partial charge < -0.3 is 5.32 Å². The van der Waals surface area contributed by atoms with Gasteiger partial charge in [0.25, 0.3) is 0 Å². The van der Waals surface area contributed by atoms with Gasteiger partial charge in [-0.2, -0.15) is 0 Å². The molecule has 1 aliphatic carbocycles. The zero-order valence-corrected chi connectivity index (χ0v) is 7.97. The molecule has 0 bridgehead atoms. The largest absolute Gasteiger partial charge is 0.311 e. The Morgan fingerprint density at radius 2 is 1.60 bits per heavy atom. The van der Waals surface area contributed by atoms with Crippen molar-refractivity contribution in [2.75, 3.05) is 7.05 Å². The van der Waals surface area contributed by atoms with E-state index in [9.17, 15) is 0 Å². The highest BCUT2D eigenvalue weighted by Gasteiger charge is 2.22. The lowest BCUT2D eigenvalue weighted by Gasteiger charge is -2.26. The summed E-state index contributed by atoms with van der Waals surface area (Å²) in [6, 6.07) is 0. The molecule has 10 heavy (non-hydrogen) atoms. The SMILES string of the molecule is CNC1(P)CCCCCC1. The summed E-state index contributed by atoms with van der Waals surface area (Å²) < 4.78 is 0. The molecule has 0 aromatic carbocycles. The number of rotatable bonds is 1. The van der Waals surface area contributed by atoms with E-state index in [1.807, 2.05) is 0 Å². The van der Waals surface area contributed by atoms with Crippen LogP contribution < -0.4 is 5.32 Å². The maximum atomic E-state index is 3.38. The Kier molecular flexibility index (Phi) is 3.13. The van der Waals surface area contributed by atoms with Gasteiger partial charge in [0.15, 0.2) is 0 Å². The Bertz CT molecular complexity index is 95.4. The zero-order valence-electron chi connectivity index (χ0n) is 6.82. The van der Waals surface area contributed by atoms with E-state index in [-0.39, 0.29) is 0 Å². The van der Waals surface area contributed by atoms with Gasteiger partial charge in [-0.05, 0) is 19.9 Å². The predicted octanol–water partition coefficient (Wildman–Crippen LogP) is 2.13. The van der Waals surface area contributed by atoms with Gasteiger partial charge in [-0.15, -0.1) is 9.24 Å². The van der Waals surface area contributed by atoms with E-state index in [1.165, 1.54) is 38.5 Å². The smallest absolute Gasteiger partial charge is 0.0320 e. The second-order valence-corrected chi connectivity index (χ2v) is 4.43. The monoisotopic (exact) mass is 159 g/mol. The van der Waals surface area contributed by atoms with E-state index >= 15 is 0 Å². The molecule has 60 valence electrons. The molecule has 0 aromatic rings. The summed E-state index contributed by atoms with van der Waals surface area (Å²) in [5.41, 5.74) is 0. The third kappa shape index (κ3) is 2.21. The van der Waals surface area contributed by atoms with Gasteiger partial charge >= 0.3 is 0 Å². The van der Waals surface area contributed by atoms with Crippen LogP contribution >= 0.6 is 9.24 Å². The molecular formula is C8H18NP. The Morgan fingerprint density at radius 1 is 1.10 bits per heavy atom. The summed E-state index contributed by atoms with van der Waals surface area (Å²) >= 11 is 0. The molecule has 0 aromatic heterocycles. The summed E-state index contributed by atoms with van der Waals surface area (Å²) in [6.45, 7) is 0. The Balaban J connectivity index is 2.41. The van der Waals surface area contributed by atoms with Crippen molar-refractivity contribution in [1.82, 2.24) is 5.32 Å². The van der Waals surface area contributed by atoms with Crippen molar-refractivity contribution in [2.24, 2.45) is 0 Å². The first-order chi connectivity index (χ1) is 4.77. The average Bonchev–Trinajstić information content (AvgIpc) is 2.15. The van der Waals surface area contributed by atoms with Crippen LogP contribution in [0, 0.1) is 0 Å². The lowest BCUT2D eigenvalue weighted by atomic mass is 10.1. The van der Waals surface area contributed by atoms with E-state index < -0.39 is 0 Å². The summed E-state index contributed by atoms with van der Waals surface area (Å²) in [7, 11) is 5.03. The number of hydrogen-bond donors (Lipinski definition) is 1. The molecule has 1 rings (SSSR count). The molecule has 1 fully saturated rings. The van der Waals surface area contributed by atoms with Crippen molar-refractivity contribution in [3.8, 4) is 0 Å². The van der Waals surface area contributed by atoms with Crippen LogP contribution in [0.2, 0.25) is 0 Å². The van der Waals surface area contributed by atoms with Gasteiger partial charge in [-0.3, -0.25) is 0 Å². The highest BCUT2D eigenvalue weighted by atomic mass is 31.0. The van der Waals surface area contributed by atoms with Crippen molar-refractivity contribution >= 4 is 9.24 Å². The molecule has 1 unspecified atom stereocenters. The predicted molar refractivity (Wildman–Crippen MR) is 49.2 cm³/mol. The van der Waals surface area contributed by atoms with Crippen LogP contribution in [-0.4, -0.2) is 12.3 Å². The third-order valence-corrected chi connectivity index (χ3v) is 3.36. The van der Waals surface area contributed by atoms with Crippen LogP contribution in [0.4, 0.5) is 0 Å². The van der Waals surface area contributed by atoms with E-state index in [0.717, 1.165) is 0 Å². The lowest BCUT2D eigenvalue weighted by molar-refractivity contribution is 0.449. The highest BCUT2D eigenvalue weighted by molar-refractivity contribution is 7.18. The lowest BCUT2D eigenvalue weighted by Crippen LogP contribution is -2.35. The molecule has 1 nitrogen and oxygen atoms in total. The summed E-state index contributed by atoms with van der Waals surface area (Å²) in [6.07, 6.45) is 8.30. The fraction of sp³-hybridized carbons (Fsp3) is 1.00. The normalized spacial score (nSPS) is 25.8. The van der Waals surface area contributed by atoms with Crippen molar-refractivity contribution in [3.05, 3.63) is 0 Å². The number of nitrogens with one attached hydrogen (secondary N) is 1. The molecule has 1 saturated carbocycles. The molecule has 0 saturated heterocycles. The maximum absolute atomic E-state index is 3.38. The minimum absolute atomic E-state index is 0.372. The number of hydrogen-bond acceptors (Lipinski definition) is 1. The van der Waals surface area contributed by atoms with Gasteiger partial charge in [0.05, 0.1) is 0 Å². The first-order valence-corrected chi connectivity index (χ1v) is 4.82. The summed E-state index contributed by atoms with van der Waals surface area (Å²) in [4.78, 5) is 0. The fourth-order valence-electron chi connectivity index (χ4n) is 1.61. The Labute approximate surface area is 66.2 Å². The molecule has 0 heterocycles. The summed E-state index contributed by atoms with van der Waals surface area (Å²) in [5.74, 6) is 0. The molecule has 0 amide bonds. The molecule has 1 aliphatic rings. The summed E-state index contributed by atoms with van der Waals surface area (Å²) in [5, 5.41) is 3.75. The van der Waals surface area contributed by atoms with E-state index in [2.05, 4.69) is 21.6 Å². The van der Waals surface area contributed by atoms with Crippen LogP contribution in [0.15, 0.2) is 0 Å². The average molecular weight is 159 g/mol. The molecule has 2 heteroatoms. The van der Waals surface area contributed by atoms with Gasteiger partial charge in [-0.25, -0.2) is 0 Å². The maximum Gasteiger partial charge on any atom is 0.0320 e. The standard InChI is InChI=1S/C8H18NP/c1-9-8(10)6-4-2-3-5-7-8/h9H,2-7,10H2,1H3. The van der Waals surface area contributed by atoms with Crippen LogP contribution in [0.5, 0.6) is 0 Å². The van der Waals surface area contributed by atoms with E-state index in [1.54, 1.807) is 0 Å². The quantitative estimate of drug-likeness (QED) is 0.456. The van der Waals surface area contributed by atoms with Gasteiger partial charge in [-0.1, -0.05) is 25.7 Å². The minimum Gasteiger partial charge on any atom is -0.311 e. The van der Waals surface area contributed by atoms with E-state index in [4.69, 9.17) is 0 Å². The van der Waals surface area contributed by atoms with Crippen molar-refractivity contribution in [2.45, 2.75) is 43.8 Å². The second-order valence-electron chi connectivity index (χ2n) is 3.32. The topological polar surface area (TPSA) is 12.0 Å². The fourth-order valence-corrected chi connectivity index (χ4v) is 2.02. The van der Waals surface area contributed by atoms with Gasteiger partial charge in [0, 0.05) is 5.28 Å². The van der Waals surface area contributed by atoms with Gasteiger partial charge in [0.1, 0.15) is 0 Å². The molecule has 1 atom stereocenters.